The van der Waals surface area contributed by atoms with E-state index in [4.69, 9.17) is 11.6 Å². The van der Waals surface area contributed by atoms with Crippen molar-refractivity contribution in [1.82, 2.24) is 10.3 Å². The zero-order valence-electron chi connectivity index (χ0n) is 11.7. The van der Waals surface area contributed by atoms with E-state index in [2.05, 4.69) is 23.3 Å². The molecule has 1 heterocycles. The number of aromatic nitrogens is 1. The average Bonchev–Trinajstić information content (AvgIpc) is 2.49. The van der Waals surface area contributed by atoms with E-state index in [0.717, 1.165) is 12.1 Å². The lowest BCUT2D eigenvalue weighted by Gasteiger charge is -2.19. The number of nitrogens with one attached hydrogen (secondary N) is 1. The summed E-state index contributed by atoms with van der Waals surface area (Å²) >= 11 is 5.83. The lowest BCUT2D eigenvalue weighted by Crippen LogP contribution is -2.22. The van der Waals surface area contributed by atoms with Crippen molar-refractivity contribution in [3.05, 3.63) is 64.2 Å². The average molecular weight is 293 g/mol. The first-order valence-electron chi connectivity index (χ1n) is 6.71. The Morgan fingerprint density at radius 3 is 2.70 bits per heavy atom. The Labute approximate surface area is 124 Å². The number of aryl methyl sites for hydroxylation is 1. The molecule has 1 aromatic carbocycles. The first kappa shape index (κ1) is 14.9. The number of likely N-dealkylation sites (N-methyl/N-ethyl adjacent to an activating group) is 1. The van der Waals surface area contributed by atoms with E-state index in [1.165, 1.54) is 5.56 Å². The van der Waals surface area contributed by atoms with E-state index in [1.54, 1.807) is 24.4 Å². The van der Waals surface area contributed by atoms with Crippen LogP contribution in [0.1, 0.15) is 29.8 Å². The van der Waals surface area contributed by atoms with Gasteiger partial charge in [-0.3, -0.25) is 4.98 Å². The summed E-state index contributed by atoms with van der Waals surface area (Å²) in [6.45, 7) is 2.09. The van der Waals surface area contributed by atoms with E-state index >= 15 is 0 Å². The van der Waals surface area contributed by atoms with Gasteiger partial charge in [-0.2, -0.15) is 0 Å². The Bertz CT molecular complexity index is 586. The third-order valence-electron chi connectivity index (χ3n) is 3.44. The highest BCUT2D eigenvalue weighted by Gasteiger charge is 2.17. The van der Waals surface area contributed by atoms with Gasteiger partial charge in [0.15, 0.2) is 0 Å². The van der Waals surface area contributed by atoms with Crippen molar-refractivity contribution in [2.75, 3.05) is 7.05 Å². The fourth-order valence-electron chi connectivity index (χ4n) is 2.33. The Morgan fingerprint density at radius 1 is 1.25 bits per heavy atom. The highest BCUT2D eigenvalue weighted by molar-refractivity contribution is 6.30. The molecule has 0 amide bonds. The van der Waals surface area contributed by atoms with Crippen molar-refractivity contribution in [3.8, 4) is 0 Å². The third-order valence-corrected chi connectivity index (χ3v) is 3.73. The standard InChI is InChI=1S/C16H18ClFN2/c1-3-11-7-5-9-20-16(11)14(19-2)10-12-6-4-8-13(17)15(12)18/h4-9,14,19H,3,10H2,1-2H3. The minimum Gasteiger partial charge on any atom is -0.311 e. The predicted octanol–water partition coefficient (Wildman–Crippen LogP) is 3.94. The molecule has 20 heavy (non-hydrogen) atoms. The minimum atomic E-state index is -0.344. The van der Waals surface area contributed by atoms with Gasteiger partial charge in [0.1, 0.15) is 5.82 Å². The van der Waals surface area contributed by atoms with Crippen molar-refractivity contribution in [2.24, 2.45) is 0 Å². The number of benzene rings is 1. The van der Waals surface area contributed by atoms with E-state index in [1.807, 2.05) is 13.1 Å². The largest absolute Gasteiger partial charge is 0.311 e. The van der Waals surface area contributed by atoms with Crippen molar-refractivity contribution in [2.45, 2.75) is 25.8 Å². The fraction of sp³-hybridized carbons (Fsp3) is 0.312. The molecule has 0 fully saturated rings. The minimum absolute atomic E-state index is 0.0286. The van der Waals surface area contributed by atoms with Crippen LogP contribution in [0, 0.1) is 5.82 Å². The van der Waals surface area contributed by atoms with Gasteiger partial charge >= 0.3 is 0 Å². The molecule has 0 aliphatic heterocycles. The van der Waals surface area contributed by atoms with Crippen LogP contribution in [0.3, 0.4) is 0 Å². The molecule has 1 unspecified atom stereocenters. The van der Waals surface area contributed by atoms with Gasteiger partial charge in [0.05, 0.1) is 16.8 Å². The lowest BCUT2D eigenvalue weighted by atomic mass is 9.98. The van der Waals surface area contributed by atoms with Gasteiger partial charge in [-0.05, 0) is 43.1 Å². The first-order chi connectivity index (χ1) is 9.67. The number of halogens is 2. The summed E-state index contributed by atoms with van der Waals surface area (Å²) in [6, 6.07) is 9.05. The maximum Gasteiger partial charge on any atom is 0.145 e. The van der Waals surface area contributed by atoms with Crippen molar-refractivity contribution in [3.63, 3.8) is 0 Å². The molecule has 2 nitrogen and oxygen atoms in total. The molecule has 0 aliphatic carbocycles. The van der Waals surface area contributed by atoms with Crippen LogP contribution in [0.2, 0.25) is 5.02 Å². The summed E-state index contributed by atoms with van der Waals surface area (Å²) in [4.78, 5) is 4.45. The highest BCUT2D eigenvalue weighted by Crippen LogP contribution is 2.24. The zero-order valence-corrected chi connectivity index (χ0v) is 12.4. The number of pyridine rings is 1. The maximum atomic E-state index is 14.0. The summed E-state index contributed by atoms with van der Waals surface area (Å²) in [7, 11) is 1.86. The Hall–Kier alpha value is -1.45. The number of nitrogens with zero attached hydrogens (tertiary/aromatic N) is 1. The molecule has 2 rings (SSSR count). The van der Waals surface area contributed by atoms with Gasteiger partial charge in [0.2, 0.25) is 0 Å². The Balaban J connectivity index is 2.31. The summed E-state index contributed by atoms with van der Waals surface area (Å²) in [6.07, 6.45) is 3.19. The van der Waals surface area contributed by atoms with Crippen LogP contribution in [0.5, 0.6) is 0 Å². The van der Waals surface area contributed by atoms with Crippen molar-refractivity contribution in [1.29, 1.82) is 0 Å². The lowest BCUT2D eigenvalue weighted by molar-refractivity contribution is 0.541. The molecule has 0 radical (unpaired) electrons. The zero-order chi connectivity index (χ0) is 14.5. The van der Waals surface area contributed by atoms with Crippen LogP contribution in [-0.2, 0) is 12.8 Å². The summed E-state index contributed by atoms with van der Waals surface area (Å²) < 4.78 is 14.0. The van der Waals surface area contributed by atoms with E-state index in [9.17, 15) is 4.39 Å². The normalized spacial score (nSPS) is 12.4. The quantitative estimate of drug-likeness (QED) is 0.903. The summed E-state index contributed by atoms with van der Waals surface area (Å²) in [5.41, 5.74) is 2.75. The van der Waals surface area contributed by atoms with Crippen LogP contribution >= 0.6 is 11.6 Å². The molecule has 0 bridgehead atoms. The predicted molar refractivity (Wildman–Crippen MR) is 80.5 cm³/mol. The maximum absolute atomic E-state index is 14.0. The van der Waals surface area contributed by atoms with Gasteiger partial charge < -0.3 is 5.32 Å². The van der Waals surface area contributed by atoms with Gasteiger partial charge in [-0.15, -0.1) is 0 Å². The fourth-order valence-corrected chi connectivity index (χ4v) is 2.52. The van der Waals surface area contributed by atoms with Crippen LogP contribution in [0.4, 0.5) is 4.39 Å². The summed E-state index contributed by atoms with van der Waals surface area (Å²) in [5.74, 6) is -0.344. The van der Waals surface area contributed by atoms with Crippen molar-refractivity contribution < 1.29 is 4.39 Å². The van der Waals surface area contributed by atoms with Crippen LogP contribution in [-0.4, -0.2) is 12.0 Å². The summed E-state index contributed by atoms with van der Waals surface area (Å²) in [5, 5.41) is 3.38. The van der Waals surface area contributed by atoms with Gasteiger partial charge in [-0.1, -0.05) is 36.7 Å². The third kappa shape index (κ3) is 3.17. The molecular weight excluding hydrogens is 275 g/mol. The van der Waals surface area contributed by atoms with Crippen LogP contribution in [0.15, 0.2) is 36.5 Å². The van der Waals surface area contributed by atoms with Crippen molar-refractivity contribution >= 4 is 11.6 Å². The monoisotopic (exact) mass is 292 g/mol. The number of rotatable bonds is 5. The second-order valence-corrected chi connectivity index (χ2v) is 5.07. The second kappa shape index (κ2) is 6.82. The smallest absolute Gasteiger partial charge is 0.145 e. The molecule has 4 heteroatoms. The first-order valence-corrected chi connectivity index (χ1v) is 7.09. The molecule has 2 aromatic rings. The number of hydrogen-bond acceptors (Lipinski definition) is 2. The SMILES string of the molecule is CCc1cccnc1C(Cc1cccc(Cl)c1F)NC. The molecule has 106 valence electrons. The van der Waals surface area contributed by atoms with Gasteiger partial charge in [0.25, 0.3) is 0 Å². The highest BCUT2D eigenvalue weighted by atomic mass is 35.5. The molecule has 1 N–H and O–H groups in total. The number of hydrogen-bond donors (Lipinski definition) is 1. The van der Waals surface area contributed by atoms with Gasteiger partial charge in [0, 0.05) is 6.20 Å². The molecule has 1 atom stereocenters. The molecule has 0 saturated heterocycles. The van der Waals surface area contributed by atoms with Crippen LogP contribution < -0.4 is 5.32 Å². The Kier molecular flexibility index (Phi) is 5.10. The van der Waals surface area contributed by atoms with E-state index in [-0.39, 0.29) is 16.9 Å². The molecular formula is C16H18ClFN2. The van der Waals surface area contributed by atoms with Gasteiger partial charge in [-0.25, -0.2) is 4.39 Å². The topological polar surface area (TPSA) is 24.9 Å². The molecule has 0 spiro atoms. The molecule has 0 aliphatic rings. The van der Waals surface area contributed by atoms with E-state index < -0.39 is 0 Å². The van der Waals surface area contributed by atoms with E-state index in [0.29, 0.717) is 12.0 Å². The Morgan fingerprint density at radius 2 is 2.00 bits per heavy atom. The second-order valence-electron chi connectivity index (χ2n) is 4.66. The molecule has 1 aromatic heterocycles. The van der Waals surface area contributed by atoms with Crippen LogP contribution in [0.25, 0.3) is 0 Å². The molecule has 0 saturated carbocycles.